The maximum absolute atomic E-state index is 12.3. The number of allylic oxidation sites excluding steroid dienone is 4. The van der Waals surface area contributed by atoms with Crippen molar-refractivity contribution in [1.29, 1.82) is 0 Å². The summed E-state index contributed by atoms with van der Waals surface area (Å²) in [5.41, 5.74) is 6.66. The van der Waals surface area contributed by atoms with Crippen molar-refractivity contribution in [1.82, 2.24) is 0 Å². The average molecular weight is 375 g/mol. The zero-order chi connectivity index (χ0) is 20.4. The number of ketones is 1. The van der Waals surface area contributed by atoms with Crippen LogP contribution in [0.15, 0.2) is 40.2 Å². The van der Waals surface area contributed by atoms with Crippen LogP contribution in [-0.4, -0.2) is 28.1 Å². The molecule has 0 aromatic carbocycles. The van der Waals surface area contributed by atoms with Gasteiger partial charge in [-0.25, -0.2) is 4.79 Å². The van der Waals surface area contributed by atoms with Crippen LogP contribution in [0.3, 0.4) is 0 Å². The number of carbonyl (C=O) groups excluding carboxylic acids is 1. The van der Waals surface area contributed by atoms with Crippen LogP contribution in [0.2, 0.25) is 0 Å². The van der Waals surface area contributed by atoms with Gasteiger partial charge in [0.2, 0.25) is 0 Å². The fraction of sp³-hybridized carbons (Fsp3) is 0.609. The molecule has 0 aliphatic heterocycles. The van der Waals surface area contributed by atoms with E-state index in [2.05, 4.69) is 31.7 Å². The van der Waals surface area contributed by atoms with E-state index in [-0.39, 0.29) is 12.2 Å². The minimum atomic E-state index is -1.41. The molecule has 0 heterocycles. The van der Waals surface area contributed by atoms with Gasteiger partial charge < -0.3 is 10.2 Å². The second-order valence-corrected chi connectivity index (χ2v) is 7.68. The highest BCUT2D eigenvalue weighted by atomic mass is 16.4. The molecule has 0 fully saturated rings. The summed E-state index contributed by atoms with van der Waals surface area (Å²) in [5, 5.41) is 18.2. The molecule has 1 rings (SSSR count). The van der Waals surface area contributed by atoms with Gasteiger partial charge >= 0.3 is 5.97 Å². The first-order valence-corrected chi connectivity index (χ1v) is 10.0. The molecule has 0 amide bonds. The summed E-state index contributed by atoms with van der Waals surface area (Å²) in [6, 6.07) is 0. The molecule has 27 heavy (non-hydrogen) atoms. The number of rotatable bonds is 11. The Labute approximate surface area is 163 Å². The Morgan fingerprint density at radius 1 is 1.22 bits per heavy atom. The zero-order valence-corrected chi connectivity index (χ0v) is 17.2. The molecule has 2 unspecified atom stereocenters. The average Bonchev–Trinajstić information content (AvgIpc) is 2.93. The Morgan fingerprint density at radius 3 is 2.56 bits per heavy atom. The van der Waals surface area contributed by atoms with E-state index >= 15 is 0 Å². The minimum Gasteiger partial charge on any atom is -0.479 e. The predicted molar refractivity (Wildman–Crippen MR) is 108 cm³/mol. The first-order valence-electron chi connectivity index (χ1n) is 10.0. The molecule has 0 saturated heterocycles. The van der Waals surface area contributed by atoms with E-state index < -0.39 is 12.1 Å². The van der Waals surface area contributed by atoms with E-state index in [4.69, 9.17) is 5.11 Å². The van der Waals surface area contributed by atoms with E-state index in [0.29, 0.717) is 24.3 Å². The SMILES string of the molecule is CCCCCC(C)C=CC1=C(CC(C)=C=C(C)CC(O)C(=O)O)C(=O)CC1. The van der Waals surface area contributed by atoms with Crippen LogP contribution in [0.4, 0.5) is 0 Å². The number of hydrogen-bond acceptors (Lipinski definition) is 3. The number of Topliss-reactive ketones (excluding diaryl/α,β-unsaturated/α-hetero) is 1. The van der Waals surface area contributed by atoms with E-state index in [0.717, 1.165) is 23.1 Å². The molecule has 0 saturated carbocycles. The van der Waals surface area contributed by atoms with E-state index in [9.17, 15) is 14.7 Å². The normalized spacial score (nSPS) is 16.6. The summed E-state index contributed by atoms with van der Waals surface area (Å²) < 4.78 is 0. The van der Waals surface area contributed by atoms with Gasteiger partial charge in [0.25, 0.3) is 0 Å². The summed E-state index contributed by atoms with van der Waals surface area (Å²) in [7, 11) is 0. The lowest BCUT2D eigenvalue weighted by Crippen LogP contribution is -2.19. The van der Waals surface area contributed by atoms with E-state index in [1.54, 1.807) is 6.92 Å². The largest absolute Gasteiger partial charge is 0.479 e. The van der Waals surface area contributed by atoms with Crippen molar-refractivity contribution in [3.63, 3.8) is 0 Å². The van der Waals surface area contributed by atoms with Gasteiger partial charge in [-0.15, -0.1) is 5.73 Å². The Morgan fingerprint density at radius 2 is 1.93 bits per heavy atom. The van der Waals surface area contributed by atoms with Crippen molar-refractivity contribution in [2.45, 2.75) is 85.2 Å². The fourth-order valence-corrected chi connectivity index (χ4v) is 3.32. The van der Waals surface area contributed by atoms with Crippen LogP contribution in [0.1, 0.15) is 79.1 Å². The third kappa shape index (κ3) is 8.55. The first kappa shape index (κ1) is 23.1. The molecular weight excluding hydrogens is 340 g/mol. The molecule has 150 valence electrons. The van der Waals surface area contributed by atoms with Crippen LogP contribution < -0.4 is 0 Å². The number of carbonyl (C=O) groups is 2. The second kappa shape index (κ2) is 11.7. The van der Waals surface area contributed by atoms with Gasteiger partial charge in [-0.3, -0.25) is 4.79 Å². The lowest BCUT2D eigenvalue weighted by atomic mass is 9.98. The Kier molecular flexibility index (Phi) is 10.1. The van der Waals surface area contributed by atoms with Crippen molar-refractivity contribution < 1.29 is 19.8 Å². The molecule has 0 aromatic rings. The quantitative estimate of drug-likeness (QED) is 0.388. The van der Waals surface area contributed by atoms with Gasteiger partial charge in [0.15, 0.2) is 11.9 Å². The summed E-state index contributed by atoms with van der Waals surface area (Å²) >= 11 is 0. The predicted octanol–water partition coefficient (Wildman–Crippen LogP) is 5.14. The maximum Gasteiger partial charge on any atom is 0.332 e. The van der Waals surface area contributed by atoms with Crippen LogP contribution in [0.5, 0.6) is 0 Å². The van der Waals surface area contributed by atoms with Crippen LogP contribution in [-0.2, 0) is 9.59 Å². The zero-order valence-electron chi connectivity index (χ0n) is 17.2. The number of hydrogen-bond donors (Lipinski definition) is 2. The molecule has 0 aromatic heterocycles. The smallest absolute Gasteiger partial charge is 0.332 e. The number of aliphatic hydroxyl groups is 1. The van der Waals surface area contributed by atoms with E-state index in [1.807, 2.05) is 6.92 Å². The number of aliphatic hydroxyl groups excluding tert-OH is 1. The van der Waals surface area contributed by atoms with Crippen LogP contribution in [0, 0.1) is 5.92 Å². The third-order valence-corrected chi connectivity index (χ3v) is 4.89. The number of unbranched alkanes of at least 4 members (excludes halogenated alkanes) is 2. The molecule has 1 aliphatic rings. The number of carboxylic acids is 1. The monoisotopic (exact) mass is 374 g/mol. The molecule has 0 radical (unpaired) electrons. The van der Waals surface area contributed by atoms with E-state index in [1.165, 1.54) is 25.7 Å². The summed E-state index contributed by atoms with van der Waals surface area (Å²) in [4.78, 5) is 23.0. The minimum absolute atomic E-state index is 0.0434. The van der Waals surface area contributed by atoms with Crippen molar-refractivity contribution >= 4 is 11.8 Å². The highest BCUT2D eigenvalue weighted by Crippen LogP contribution is 2.29. The Hall–Kier alpha value is -1.90. The highest BCUT2D eigenvalue weighted by molar-refractivity contribution is 5.99. The lowest BCUT2D eigenvalue weighted by molar-refractivity contribution is -0.146. The van der Waals surface area contributed by atoms with Crippen molar-refractivity contribution in [3.05, 3.63) is 40.2 Å². The topological polar surface area (TPSA) is 74.6 Å². The molecule has 2 atom stereocenters. The molecule has 2 N–H and O–H groups in total. The molecule has 1 aliphatic carbocycles. The maximum atomic E-state index is 12.3. The first-order chi connectivity index (χ1) is 12.7. The summed E-state index contributed by atoms with van der Waals surface area (Å²) in [6.07, 6.45) is 9.75. The van der Waals surface area contributed by atoms with Crippen LogP contribution >= 0.6 is 0 Å². The highest BCUT2D eigenvalue weighted by Gasteiger charge is 2.21. The molecule has 0 bridgehead atoms. The number of carboxylic acid groups (broad SMARTS) is 1. The van der Waals surface area contributed by atoms with Crippen molar-refractivity contribution in [3.8, 4) is 0 Å². The molecule has 4 heteroatoms. The standard InChI is InChI=1S/C23H34O4/c1-5-6-7-8-16(2)9-10-19-11-12-21(24)20(19)14-17(3)13-18(4)15-22(25)23(26)27/h9-10,16,22,25H,5-8,11-12,14-15H2,1-4H3,(H,26,27). The molecular formula is C23H34O4. The van der Waals surface area contributed by atoms with Gasteiger partial charge in [-0.05, 0) is 49.3 Å². The summed E-state index contributed by atoms with van der Waals surface area (Å²) in [6.45, 7) is 8.06. The van der Waals surface area contributed by atoms with Gasteiger partial charge in [0.05, 0.1) is 0 Å². The summed E-state index contributed by atoms with van der Waals surface area (Å²) in [5.74, 6) is -0.530. The molecule has 0 spiro atoms. The van der Waals surface area contributed by atoms with Gasteiger partial charge in [0, 0.05) is 24.8 Å². The van der Waals surface area contributed by atoms with Gasteiger partial charge in [-0.2, -0.15) is 0 Å². The fourth-order valence-electron chi connectivity index (χ4n) is 3.32. The Balaban J connectivity index is 2.84. The lowest BCUT2D eigenvalue weighted by Gasteiger charge is -2.07. The molecule has 4 nitrogen and oxygen atoms in total. The third-order valence-electron chi connectivity index (χ3n) is 4.89. The van der Waals surface area contributed by atoms with Crippen molar-refractivity contribution in [2.75, 3.05) is 0 Å². The van der Waals surface area contributed by atoms with Gasteiger partial charge in [-0.1, -0.05) is 45.3 Å². The number of aliphatic carboxylic acids is 1. The van der Waals surface area contributed by atoms with Gasteiger partial charge in [0.1, 0.15) is 0 Å². The van der Waals surface area contributed by atoms with Crippen LogP contribution in [0.25, 0.3) is 0 Å². The second-order valence-electron chi connectivity index (χ2n) is 7.68. The van der Waals surface area contributed by atoms with Crippen molar-refractivity contribution in [2.24, 2.45) is 5.92 Å². The Bertz CT molecular complexity index is 660.